The van der Waals surface area contributed by atoms with Gasteiger partial charge in [0.1, 0.15) is 11.2 Å². The standard InChI is InChI=1S/C54H33NOS/c1-3-13-38-31-40(29-27-34(38)11-1)55(41-30-28-35-12-2-4-14-39(35)32-41)49-20-10-22-51-52(49)48-33-47(43-15-5-6-17-46(43)54(48)57-51)37-25-23-36(24-26-37)42-18-9-19-45-44-16-7-8-21-50(44)56-53(42)45/h1-33H. The number of thiophene rings is 1. The number of hydrogen-bond acceptors (Lipinski definition) is 3. The van der Waals surface area contributed by atoms with Gasteiger partial charge in [0.05, 0.1) is 5.69 Å². The van der Waals surface area contributed by atoms with Crippen LogP contribution in [0.3, 0.4) is 0 Å². The molecule has 0 aliphatic carbocycles. The molecule has 12 aromatic rings. The molecule has 0 saturated heterocycles. The molecule has 0 unspecified atom stereocenters. The van der Waals surface area contributed by atoms with Gasteiger partial charge >= 0.3 is 0 Å². The van der Waals surface area contributed by atoms with E-state index in [2.05, 4.69) is 193 Å². The van der Waals surface area contributed by atoms with E-state index >= 15 is 0 Å². The molecule has 0 aliphatic rings. The zero-order chi connectivity index (χ0) is 37.5. The van der Waals surface area contributed by atoms with Gasteiger partial charge in [-0.05, 0) is 92.2 Å². The Hall–Kier alpha value is -7.20. The highest BCUT2D eigenvalue weighted by Gasteiger charge is 2.21. The maximum Gasteiger partial charge on any atom is 0.143 e. The van der Waals surface area contributed by atoms with Crippen molar-refractivity contribution in [3.63, 3.8) is 0 Å². The molecule has 266 valence electrons. The topological polar surface area (TPSA) is 16.4 Å². The Morgan fingerprint density at radius 2 is 0.965 bits per heavy atom. The van der Waals surface area contributed by atoms with Crippen LogP contribution in [0.4, 0.5) is 17.1 Å². The van der Waals surface area contributed by atoms with Crippen molar-refractivity contribution in [2.75, 3.05) is 4.90 Å². The Labute approximate surface area is 333 Å². The molecule has 10 aromatic carbocycles. The van der Waals surface area contributed by atoms with Crippen LogP contribution >= 0.6 is 11.3 Å². The molecule has 0 atom stereocenters. The lowest BCUT2D eigenvalue weighted by Gasteiger charge is -2.27. The van der Waals surface area contributed by atoms with Crippen LogP contribution in [-0.4, -0.2) is 0 Å². The van der Waals surface area contributed by atoms with E-state index in [0.29, 0.717) is 0 Å². The molecule has 0 aliphatic heterocycles. The van der Waals surface area contributed by atoms with Crippen molar-refractivity contribution in [3.05, 3.63) is 200 Å². The molecule has 3 heteroatoms. The van der Waals surface area contributed by atoms with Crippen molar-refractivity contribution >= 4 is 103 Å². The summed E-state index contributed by atoms with van der Waals surface area (Å²) in [6.07, 6.45) is 0. The van der Waals surface area contributed by atoms with E-state index in [1.165, 1.54) is 69.3 Å². The predicted molar refractivity (Wildman–Crippen MR) is 245 cm³/mol. The first-order chi connectivity index (χ1) is 28.2. The SMILES string of the molecule is c1ccc2cc(N(c3ccc4ccccc4c3)c3cccc4sc5c6ccccc6c(-c6ccc(-c7cccc8c7oc7ccccc78)cc6)cc5c34)ccc2c1. The molecule has 0 N–H and O–H groups in total. The average Bonchev–Trinajstić information content (AvgIpc) is 3.86. The minimum Gasteiger partial charge on any atom is -0.455 e. The van der Waals surface area contributed by atoms with E-state index < -0.39 is 0 Å². The number of hydrogen-bond donors (Lipinski definition) is 0. The van der Waals surface area contributed by atoms with E-state index in [1.54, 1.807) is 0 Å². The first-order valence-corrected chi connectivity index (χ1v) is 20.2. The van der Waals surface area contributed by atoms with E-state index in [1.807, 2.05) is 23.5 Å². The summed E-state index contributed by atoms with van der Waals surface area (Å²) < 4.78 is 9.00. The molecule has 0 amide bonds. The lowest BCUT2D eigenvalue weighted by molar-refractivity contribution is 0.670. The second-order valence-electron chi connectivity index (χ2n) is 14.9. The zero-order valence-corrected chi connectivity index (χ0v) is 31.6. The van der Waals surface area contributed by atoms with Crippen molar-refractivity contribution < 1.29 is 4.42 Å². The fourth-order valence-electron chi connectivity index (χ4n) is 8.92. The van der Waals surface area contributed by atoms with E-state index in [-0.39, 0.29) is 0 Å². The van der Waals surface area contributed by atoms with Crippen molar-refractivity contribution in [2.24, 2.45) is 0 Å². The molecule has 0 spiro atoms. The van der Waals surface area contributed by atoms with Crippen molar-refractivity contribution in [3.8, 4) is 22.3 Å². The lowest BCUT2D eigenvalue weighted by atomic mass is 9.93. The summed E-state index contributed by atoms with van der Waals surface area (Å²) in [5, 5.41) is 12.2. The molecular weight excluding hydrogens is 711 g/mol. The number of rotatable bonds is 5. The van der Waals surface area contributed by atoms with Gasteiger partial charge in [0.15, 0.2) is 0 Å². The second kappa shape index (κ2) is 12.7. The molecule has 57 heavy (non-hydrogen) atoms. The van der Waals surface area contributed by atoms with Gasteiger partial charge in [0.2, 0.25) is 0 Å². The number of furan rings is 1. The molecule has 0 bridgehead atoms. The van der Waals surface area contributed by atoms with Gasteiger partial charge in [-0.25, -0.2) is 0 Å². The van der Waals surface area contributed by atoms with Crippen LogP contribution in [-0.2, 0) is 0 Å². The normalized spacial score (nSPS) is 11.9. The number of nitrogens with zero attached hydrogens (tertiary/aromatic N) is 1. The number of fused-ring (bicyclic) bond motifs is 10. The van der Waals surface area contributed by atoms with Gasteiger partial charge in [0.25, 0.3) is 0 Å². The van der Waals surface area contributed by atoms with Crippen molar-refractivity contribution in [1.82, 2.24) is 0 Å². The van der Waals surface area contributed by atoms with Gasteiger partial charge in [-0.3, -0.25) is 0 Å². The highest BCUT2D eigenvalue weighted by Crippen LogP contribution is 2.49. The Morgan fingerprint density at radius 3 is 1.68 bits per heavy atom. The molecule has 0 fully saturated rings. The summed E-state index contributed by atoms with van der Waals surface area (Å²) in [5.74, 6) is 0. The van der Waals surface area contributed by atoms with Crippen LogP contribution < -0.4 is 4.90 Å². The fraction of sp³-hybridized carbons (Fsp3) is 0. The Balaban J connectivity index is 1.07. The van der Waals surface area contributed by atoms with E-state index in [4.69, 9.17) is 4.42 Å². The minimum atomic E-state index is 0.915. The van der Waals surface area contributed by atoms with E-state index in [9.17, 15) is 0 Å². The van der Waals surface area contributed by atoms with Gasteiger partial charge < -0.3 is 9.32 Å². The molecule has 2 nitrogen and oxygen atoms in total. The van der Waals surface area contributed by atoms with Gasteiger partial charge in [-0.2, -0.15) is 0 Å². The Morgan fingerprint density at radius 1 is 0.386 bits per heavy atom. The third-order valence-corrected chi connectivity index (χ3v) is 12.8. The molecule has 2 heterocycles. The summed E-state index contributed by atoms with van der Waals surface area (Å²) in [7, 11) is 0. The third kappa shape index (κ3) is 5.10. The highest BCUT2D eigenvalue weighted by atomic mass is 32.1. The van der Waals surface area contributed by atoms with Crippen LogP contribution in [0.15, 0.2) is 205 Å². The minimum absolute atomic E-state index is 0.915. The lowest BCUT2D eigenvalue weighted by Crippen LogP contribution is -2.10. The number of para-hydroxylation sites is 2. The highest BCUT2D eigenvalue weighted by molar-refractivity contribution is 7.26. The summed E-state index contributed by atoms with van der Waals surface area (Å²) in [5.41, 5.74) is 9.93. The van der Waals surface area contributed by atoms with Crippen LogP contribution in [0, 0.1) is 0 Å². The van der Waals surface area contributed by atoms with Crippen LogP contribution in [0.1, 0.15) is 0 Å². The van der Waals surface area contributed by atoms with Gasteiger partial charge in [-0.1, -0.05) is 152 Å². The van der Waals surface area contributed by atoms with Gasteiger partial charge in [0, 0.05) is 53.3 Å². The van der Waals surface area contributed by atoms with Crippen LogP contribution in [0.25, 0.3) is 96.7 Å². The Bertz CT molecular complexity index is 3460. The predicted octanol–water partition coefficient (Wildman–Crippen LogP) is 16.2. The summed E-state index contributed by atoms with van der Waals surface area (Å²) in [6.45, 7) is 0. The molecule has 0 radical (unpaired) electrons. The summed E-state index contributed by atoms with van der Waals surface area (Å²) >= 11 is 1.89. The summed E-state index contributed by atoms with van der Waals surface area (Å²) in [6, 6.07) is 72.8. The number of anilines is 3. The van der Waals surface area contributed by atoms with Crippen LogP contribution in [0.5, 0.6) is 0 Å². The maximum atomic E-state index is 6.42. The smallest absolute Gasteiger partial charge is 0.143 e. The first-order valence-electron chi connectivity index (χ1n) is 19.4. The van der Waals surface area contributed by atoms with Crippen molar-refractivity contribution in [2.45, 2.75) is 0 Å². The van der Waals surface area contributed by atoms with Crippen molar-refractivity contribution in [1.29, 1.82) is 0 Å². The third-order valence-electron chi connectivity index (χ3n) is 11.6. The first kappa shape index (κ1) is 32.1. The maximum absolute atomic E-state index is 6.42. The van der Waals surface area contributed by atoms with Crippen LogP contribution in [0.2, 0.25) is 0 Å². The summed E-state index contributed by atoms with van der Waals surface area (Å²) in [4.78, 5) is 2.45. The quantitative estimate of drug-likeness (QED) is 0.175. The monoisotopic (exact) mass is 743 g/mol. The largest absolute Gasteiger partial charge is 0.455 e. The van der Waals surface area contributed by atoms with Gasteiger partial charge in [-0.15, -0.1) is 11.3 Å². The fourth-order valence-corrected chi connectivity index (χ4v) is 10.2. The number of benzene rings is 10. The second-order valence-corrected chi connectivity index (χ2v) is 15.9. The van der Waals surface area contributed by atoms with E-state index in [0.717, 1.165) is 44.4 Å². The molecule has 12 rings (SSSR count). The Kier molecular flexibility index (Phi) is 7.13. The zero-order valence-electron chi connectivity index (χ0n) is 30.8. The molecular formula is C54H33NOS. The molecule has 0 saturated carbocycles. The average molecular weight is 744 g/mol. The molecule has 2 aromatic heterocycles.